The number of hydrogen-bond donors (Lipinski definition) is 1. The van der Waals surface area contributed by atoms with Crippen LogP contribution in [0.3, 0.4) is 0 Å². The fraction of sp³-hybridized carbons (Fsp3) is 0.647. The minimum absolute atomic E-state index is 0.322. The molecule has 1 aromatic carbocycles. The van der Waals surface area contributed by atoms with Crippen LogP contribution in [0, 0.1) is 11.3 Å². The second kappa shape index (κ2) is 6.68. The molecule has 1 aliphatic rings. The van der Waals surface area contributed by atoms with E-state index in [1.807, 2.05) is 18.2 Å². The molecule has 0 aromatic heterocycles. The molecule has 0 radical (unpaired) electrons. The molecule has 1 atom stereocenters. The van der Waals surface area contributed by atoms with Gasteiger partial charge in [0.1, 0.15) is 0 Å². The Labute approximate surface area is 133 Å². The van der Waals surface area contributed by atoms with E-state index in [-0.39, 0.29) is 0 Å². The molecule has 0 amide bonds. The highest BCUT2D eigenvalue weighted by molar-refractivity contribution is 6.33. The molecule has 0 saturated heterocycles. The summed E-state index contributed by atoms with van der Waals surface area (Å²) in [4.78, 5) is 0. The van der Waals surface area contributed by atoms with Crippen LogP contribution in [-0.4, -0.2) is 6.54 Å². The highest BCUT2D eigenvalue weighted by Crippen LogP contribution is 2.44. The van der Waals surface area contributed by atoms with Gasteiger partial charge in [-0.1, -0.05) is 44.0 Å². The van der Waals surface area contributed by atoms with Gasteiger partial charge >= 0.3 is 0 Å². The van der Waals surface area contributed by atoms with Gasteiger partial charge in [0.05, 0.1) is 0 Å². The van der Waals surface area contributed by atoms with Gasteiger partial charge in [0.2, 0.25) is 0 Å². The SMILES string of the molecule is CCNC(c1cc(Cl)ccc1Cl)C1CCC(C)(C)CC1. The third-order valence-electron chi connectivity index (χ3n) is 4.57. The topological polar surface area (TPSA) is 12.0 Å². The lowest BCUT2D eigenvalue weighted by Crippen LogP contribution is -2.33. The van der Waals surface area contributed by atoms with Gasteiger partial charge in [-0.05, 0) is 67.3 Å². The van der Waals surface area contributed by atoms with Crippen LogP contribution in [0.4, 0.5) is 0 Å². The van der Waals surface area contributed by atoms with Gasteiger partial charge in [0.25, 0.3) is 0 Å². The van der Waals surface area contributed by atoms with Gasteiger partial charge in [-0.25, -0.2) is 0 Å². The van der Waals surface area contributed by atoms with Crippen LogP contribution in [0.1, 0.15) is 58.1 Å². The second-order valence-electron chi connectivity index (χ2n) is 6.70. The van der Waals surface area contributed by atoms with Gasteiger partial charge in [-0.15, -0.1) is 0 Å². The summed E-state index contributed by atoms with van der Waals surface area (Å²) in [6, 6.07) is 6.12. The van der Waals surface area contributed by atoms with Crippen LogP contribution < -0.4 is 5.32 Å². The summed E-state index contributed by atoms with van der Waals surface area (Å²) in [5, 5.41) is 5.21. The minimum Gasteiger partial charge on any atom is -0.310 e. The third kappa shape index (κ3) is 3.90. The lowest BCUT2D eigenvalue weighted by atomic mass is 9.70. The first-order valence-corrected chi connectivity index (χ1v) is 8.37. The Morgan fingerprint density at radius 2 is 1.90 bits per heavy atom. The zero-order valence-corrected chi connectivity index (χ0v) is 14.2. The molecule has 20 heavy (non-hydrogen) atoms. The van der Waals surface area contributed by atoms with E-state index < -0.39 is 0 Å². The highest BCUT2D eigenvalue weighted by atomic mass is 35.5. The number of halogens is 2. The summed E-state index contributed by atoms with van der Waals surface area (Å²) in [7, 11) is 0. The molecule has 2 rings (SSSR count). The average molecular weight is 314 g/mol. The van der Waals surface area contributed by atoms with Crippen LogP contribution >= 0.6 is 23.2 Å². The molecular weight excluding hydrogens is 289 g/mol. The maximum absolute atomic E-state index is 6.40. The second-order valence-corrected chi connectivity index (χ2v) is 7.55. The van der Waals surface area contributed by atoms with Crippen molar-refractivity contribution in [1.82, 2.24) is 5.32 Å². The van der Waals surface area contributed by atoms with E-state index in [1.54, 1.807) is 0 Å². The molecule has 112 valence electrons. The largest absolute Gasteiger partial charge is 0.310 e. The molecule has 1 unspecified atom stereocenters. The maximum Gasteiger partial charge on any atom is 0.0454 e. The van der Waals surface area contributed by atoms with Crippen molar-refractivity contribution in [2.75, 3.05) is 6.54 Å². The minimum atomic E-state index is 0.322. The number of nitrogens with one attached hydrogen (secondary N) is 1. The van der Waals surface area contributed by atoms with Crippen LogP contribution in [0.2, 0.25) is 10.0 Å². The van der Waals surface area contributed by atoms with Crippen LogP contribution in [0.5, 0.6) is 0 Å². The number of hydrogen-bond acceptors (Lipinski definition) is 1. The Morgan fingerprint density at radius 3 is 2.50 bits per heavy atom. The molecule has 0 heterocycles. The quantitative estimate of drug-likeness (QED) is 0.734. The molecule has 1 N–H and O–H groups in total. The molecule has 1 aromatic rings. The molecule has 1 saturated carbocycles. The summed E-state index contributed by atoms with van der Waals surface area (Å²) < 4.78 is 0. The summed E-state index contributed by atoms with van der Waals surface area (Å²) in [5.74, 6) is 0.652. The summed E-state index contributed by atoms with van der Waals surface area (Å²) in [6.45, 7) is 7.85. The van der Waals surface area contributed by atoms with E-state index in [9.17, 15) is 0 Å². The summed E-state index contributed by atoms with van der Waals surface area (Å²) in [6.07, 6.45) is 5.09. The fourth-order valence-electron chi connectivity index (χ4n) is 3.26. The number of benzene rings is 1. The van der Waals surface area contributed by atoms with Gasteiger partial charge in [-0.3, -0.25) is 0 Å². The zero-order chi connectivity index (χ0) is 14.8. The van der Waals surface area contributed by atoms with Crippen molar-refractivity contribution in [3.8, 4) is 0 Å². The predicted molar refractivity (Wildman–Crippen MR) is 88.6 cm³/mol. The van der Waals surface area contributed by atoms with Crippen molar-refractivity contribution in [1.29, 1.82) is 0 Å². The Balaban J connectivity index is 2.21. The van der Waals surface area contributed by atoms with Crippen LogP contribution in [-0.2, 0) is 0 Å². The van der Waals surface area contributed by atoms with Crippen molar-refractivity contribution in [3.63, 3.8) is 0 Å². The van der Waals surface area contributed by atoms with Gasteiger partial charge in [-0.2, -0.15) is 0 Å². The Kier molecular flexibility index (Phi) is 5.39. The van der Waals surface area contributed by atoms with Crippen molar-refractivity contribution >= 4 is 23.2 Å². The third-order valence-corrected chi connectivity index (χ3v) is 5.15. The zero-order valence-electron chi connectivity index (χ0n) is 12.7. The molecule has 1 aliphatic carbocycles. The van der Waals surface area contributed by atoms with E-state index in [2.05, 4.69) is 26.1 Å². The fourth-order valence-corrected chi connectivity index (χ4v) is 3.67. The maximum atomic E-state index is 6.40. The van der Waals surface area contributed by atoms with Crippen molar-refractivity contribution < 1.29 is 0 Å². The molecule has 0 aliphatic heterocycles. The lowest BCUT2D eigenvalue weighted by molar-refractivity contribution is 0.162. The van der Waals surface area contributed by atoms with Crippen molar-refractivity contribution in [2.45, 2.75) is 52.5 Å². The van der Waals surface area contributed by atoms with Gasteiger partial charge in [0.15, 0.2) is 0 Å². The Bertz CT molecular complexity index is 446. The standard InChI is InChI=1S/C17H25Cl2N/c1-4-20-16(12-7-9-17(2,3)10-8-12)14-11-13(18)5-6-15(14)19/h5-6,11-12,16,20H,4,7-10H2,1-3H3. The first-order valence-electron chi connectivity index (χ1n) is 7.61. The normalized spacial score (nSPS) is 20.9. The van der Waals surface area contributed by atoms with E-state index >= 15 is 0 Å². The smallest absolute Gasteiger partial charge is 0.0454 e. The first kappa shape index (κ1) is 16.1. The monoisotopic (exact) mass is 313 g/mol. The van der Waals surface area contributed by atoms with Crippen LogP contribution in [0.25, 0.3) is 0 Å². The molecule has 0 spiro atoms. The number of rotatable bonds is 4. The van der Waals surface area contributed by atoms with E-state index in [0.717, 1.165) is 22.2 Å². The highest BCUT2D eigenvalue weighted by Gasteiger charge is 2.32. The molecule has 0 bridgehead atoms. The molecular formula is C17H25Cl2N. The van der Waals surface area contributed by atoms with Crippen LogP contribution in [0.15, 0.2) is 18.2 Å². The summed E-state index contributed by atoms with van der Waals surface area (Å²) >= 11 is 12.6. The van der Waals surface area contributed by atoms with Crippen molar-refractivity contribution in [2.24, 2.45) is 11.3 Å². The molecule has 1 fully saturated rings. The van der Waals surface area contributed by atoms with E-state index in [0.29, 0.717) is 17.4 Å². The molecule has 1 nitrogen and oxygen atoms in total. The molecule has 3 heteroatoms. The van der Waals surface area contributed by atoms with Gasteiger partial charge < -0.3 is 5.32 Å². The van der Waals surface area contributed by atoms with E-state index in [1.165, 1.54) is 25.7 Å². The first-order chi connectivity index (χ1) is 9.43. The summed E-state index contributed by atoms with van der Waals surface area (Å²) in [5.41, 5.74) is 1.65. The van der Waals surface area contributed by atoms with E-state index in [4.69, 9.17) is 23.2 Å². The van der Waals surface area contributed by atoms with Gasteiger partial charge in [0, 0.05) is 16.1 Å². The average Bonchev–Trinajstić information content (AvgIpc) is 2.40. The Hall–Kier alpha value is -0.240. The Morgan fingerprint density at radius 1 is 1.25 bits per heavy atom. The van der Waals surface area contributed by atoms with Crippen molar-refractivity contribution in [3.05, 3.63) is 33.8 Å². The predicted octanol–water partition coefficient (Wildman–Crippen LogP) is 5.86. The lowest BCUT2D eigenvalue weighted by Gasteiger charge is -2.38.